The number of aryl methyl sites for hydroxylation is 1. The highest BCUT2D eigenvalue weighted by Gasteiger charge is 2.42. The highest BCUT2D eigenvalue weighted by atomic mass is 19.4. The van der Waals surface area contributed by atoms with Gasteiger partial charge in [-0.25, -0.2) is 20.2 Å². The molecule has 37 heavy (non-hydrogen) atoms. The van der Waals surface area contributed by atoms with Gasteiger partial charge in [0, 0.05) is 29.4 Å². The fourth-order valence-corrected chi connectivity index (χ4v) is 4.69. The van der Waals surface area contributed by atoms with Crippen LogP contribution in [-0.4, -0.2) is 52.6 Å². The predicted octanol–water partition coefficient (Wildman–Crippen LogP) is 4.00. The van der Waals surface area contributed by atoms with Gasteiger partial charge in [-0.05, 0) is 68.3 Å². The zero-order valence-corrected chi connectivity index (χ0v) is 20.4. The van der Waals surface area contributed by atoms with Crippen molar-refractivity contribution in [2.45, 2.75) is 33.0 Å². The quantitative estimate of drug-likeness (QED) is 0.530. The van der Waals surface area contributed by atoms with Crippen LogP contribution in [0.4, 0.5) is 18.9 Å². The molecule has 1 fully saturated rings. The van der Waals surface area contributed by atoms with Crippen LogP contribution in [0.3, 0.4) is 0 Å². The largest absolute Gasteiger partial charge is 0.465 e. The number of nitrogens with zero attached hydrogens (tertiary/aromatic N) is 4. The Balaban J connectivity index is 1.42. The number of esters is 1. The highest BCUT2D eigenvalue weighted by molar-refractivity contribution is 6.08. The third-order valence-corrected chi connectivity index (χ3v) is 6.53. The first-order valence-corrected chi connectivity index (χ1v) is 11.8. The normalized spacial score (nSPS) is 18.0. The van der Waals surface area contributed by atoms with Crippen molar-refractivity contribution in [3.05, 3.63) is 65.0 Å². The van der Waals surface area contributed by atoms with Gasteiger partial charge in [0.25, 0.3) is 5.91 Å². The van der Waals surface area contributed by atoms with Crippen LogP contribution in [0.5, 0.6) is 0 Å². The summed E-state index contributed by atoms with van der Waals surface area (Å²) in [5.74, 6) is -0.276. The lowest BCUT2D eigenvalue weighted by atomic mass is 10.0. The summed E-state index contributed by atoms with van der Waals surface area (Å²) in [6.45, 7) is 6.49. The maximum absolute atomic E-state index is 13.4. The summed E-state index contributed by atoms with van der Waals surface area (Å²) >= 11 is 0. The van der Waals surface area contributed by atoms with Crippen LogP contribution >= 0.6 is 0 Å². The SMILES string of the molecule is CCOC(=O)C1NN2CCN(c3ccc(-c4ncc5cc(C(F)(F)F)ccc5n4)cc3C)C(=O)C2=C1C. The van der Waals surface area contributed by atoms with Crippen LogP contribution < -0.4 is 10.3 Å². The number of anilines is 1. The van der Waals surface area contributed by atoms with Crippen LogP contribution in [0, 0.1) is 6.92 Å². The van der Waals surface area contributed by atoms with Gasteiger partial charge < -0.3 is 14.6 Å². The number of rotatable bonds is 4. The number of hydrazine groups is 1. The van der Waals surface area contributed by atoms with Crippen molar-refractivity contribution < 1.29 is 27.5 Å². The Morgan fingerprint density at radius 3 is 2.65 bits per heavy atom. The molecule has 2 aliphatic heterocycles. The molecule has 0 saturated carbocycles. The average Bonchev–Trinajstić information content (AvgIpc) is 3.20. The first-order valence-electron chi connectivity index (χ1n) is 11.8. The lowest BCUT2D eigenvalue weighted by Crippen LogP contribution is -2.52. The number of nitrogens with one attached hydrogen (secondary N) is 1. The maximum atomic E-state index is 13.4. The monoisotopic (exact) mass is 511 g/mol. The molecule has 8 nitrogen and oxygen atoms in total. The second-order valence-electron chi connectivity index (χ2n) is 8.92. The third-order valence-electron chi connectivity index (χ3n) is 6.53. The molecule has 2 aromatic carbocycles. The van der Waals surface area contributed by atoms with E-state index in [1.165, 1.54) is 12.3 Å². The predicted molar refractivity (Wildman–Crippen MR) is 130 cm³/mol. The number of piperazine rings is 1. The third kappa shape index (κ3) is 4.39. The highest BCUT2D eigenvalue weighted by Crippen LogP contribution is 2.34. The molecule has 3 heterocycles. The molecule has 5 rings (SSSR count). The number of carbonyl (C=O) groups is 2. The molecule has 1 amide bonds. The van der Waals surface area contributed by atoms with E-state index in [2.05, 4.69) is 15.4 Å². The van der Waals surface area contributed by atoms with Gasteiger partial charge in [0.05, 0.1) is 24.2 Å². The smallest absolute Gasteiger partial charge is 0.416 e. The molecular weight excluding hydrogens is 487 g/mol. The fourth-order valence-electron chi connectivity index (χ4n) is 4.69. The molecule has 1 aromatic heterocycles. The topological polar surface area (TPSA) is 87.7 Å². The molecule has 1 N–H and O–H groups in total. The Bertz CT molecular complexity index is 1450. The fraction of sp³-hybridized carbons (Fsp3) is 0.308. The lowest BCUT2D eigenvalue weighted by molar-refractivity contribution is -0.145. The minimum atomic E-state index is -4.44. The summed E-state index contributed by atoms with van der Waals surface area (Å²) in [6, 6.07) is 8.09. The van der Waals surface area contributed by atoms with Gasteiger partial charge in [-0.1, -0.05) is 0 Å². The number of hydrogen-bond acceptors (Lipinski definition) is 7. The Morgan fingerprint density at radius 1 is 1.16 bits per heavy atom. The minimum absolute atomic E-state index is 0.221. The van der Waals surface area contributed by atoms with Crippen LogP contribution in [0.25, 0.3) is 22.3 Å². The molecule has 1 atom stereocenters. The second kappa shape index (κ2) is 9.15. The number of hydrogen-bond donors (Lipinski definition) is 1. The first kappa shape index (κ1) is 24.7. The van der Waals surface area contributed by atoms with E-state index in [9.17, 15) is 22.8 Å². The number of ether oxygens (including phenoxy) is 1. The molecule has 0 aliphatic carbocycles. The molecule has 1 saturated heterocycles. The van der Waals surface area contributed by atoms with Crippen LogP contribution in [0.1, 0.15) is 25.0 Å². The van der Waals surface area contributed by atoms with Crippen LogP contribution in [0.2, 0.25) is 0 Å². The van der Waals surface area contributed by atoms with E-state index in [4.69, 9.17) is 4.74 Å². The van der Waals surface area contributed by atoms with E-state index in [1.807, 2.05) is 13.0 Å². The summed E-state index contributed by atoms with van der Waals surface area (Å²) in [5.41, 5.74) is 5.95. The van der Waals surface area contributed by atoms with Crippen molar-refractivity contribution in [1.82, 2.24) is 20.4 Å². The summed E-state index contributed by atoms with van der Waals surface area (Å²) in [6.07, 6.45) is -3.06. The second-order valence-corrected chi connectivity index (χ2v) is 8.92. The van der Waals surface area contributed by atoms with E-state index >= 15 is 0 Å². The molecule has 3 aromatic rings. The van der Waals surface area contributed by atoms with Gasteiger partial charge in [0.2, 0.25) is 0 Å². The summed E-state index contributed by atoms with van der Waals surface area (Å²) in [7, 11) is 0. The van der Waals surface area contributed by atoms with Crippen molar-refractivity contribution in [3.63, 3.8) is 0 Å². The maximum Gasteiger partial charge on any atom is 0.416 e. The molecule has 2 aliphatic rings. The first-order chi connectivity index (χ1) is 17.6. The Kier molecular flexibility index (Phi) is 6.10. The van der Waals surface area contributed by atoms with Gasteiger partial charge in [-0.2, -0.15) is 13.2 Å². The molecule has 0 spiro atoms. The molecule has 0 bridgehead atoms. The standard InChI is InChI=1S/C26H24F3N5O3/c1-4-37-25(36)21-15(3)22-24(35)33(9-10-34(22)32-21)20-8-5-16(11-14(20)2)23-30-13-17-12-18(26(27,28)29)6-7-19(17)31-23/h5-8,11-13,21,32H,4,9-10H2,1-3H3. The molecule has 0 radical (unpaired) electrons. The Hall–Kier alpha value is -3.99. The van der Waals surface area contributed by atoms with Crippen molar-refractivity contribution in [2.75, 3.05) is 24.6 Å². The van der Waals surface area contributed by atoms with Crippen LogP contribution in [0.15, 0.2) is 53.9 Å². The van der Waals surface area contributed by atoms with Crippen molar-refractivity contribution in [3.8, 4) is 11.4 Å². The van der Waals surface area contributed by atoms with Crippen molar-refractivity contribution in [2.24, 2.45) is 0 Å². The van der Waals surface area contributed by atoms with E-state index in [0.717, 1.165) is 17.7 Å². The number of aromatic nitrogens is 2. The number of alkyl halides is 3. The number of halogens is 3. The van der Waals surface area contributed by atoms with Gasteiger partial charge >= 0.3 is 12.1 Å². The minimum Gasteiger partial charge on any atom is -0.465 e. The van der Waals surface area contributed by atoms with E-state index < -0.39 is 23.8 Å². The number of amides is 1. The molecule has 11 heteroatoms. The van der Waals surface area contributed by atoms with Gasteiger partial charge in [-0.3, -0.25) is 4.79 Å². The zero-order chi connectivity index (χ0) is 26.5. The summed E-state index contributed by atoms with van der Waals surface area (Å²) in [4.78, 5) is 36.1. The molecule has 1 unspecified atom stereocenters. The molecule has 192 valence electrons. The average molecular weight is 512 g/mol. The summed E-state index contributed by atoms with van der Waals surface area (Å²) < 4.78 is 44.1. The zero-order valence-electron chi connectivity index (χ0n) is 20.4. The van der Waals surface area contributed by atoms with E-state index in [-0.39, 0.29) is 12.5 Å². The summed E-state index contributed by atoms with van der Waals surface area (Å²) in [5, 5.41) is 2.00. The number of benzene rings is 2. The van der Waals surface area contributed by atoms with Gasteiger partial charge in [-0.15, -0.1) is 0 Å². The van der Waals surface area contributed by atoms with Crippen molar-refractivity contribution >= 4 is 28.5 Å². The van der Waals surface area contributed by atoms with E-state index in [0.29, 0.717) is 52.3 Å². The Morgan fingerprint density at radius 2 is 1.95 bits per heavy atom. The van der Waals surface area contributed by atoms with Gasteiger partial charge in [0.15, 0.2) is 5.82 Å². The Labute approximate surface area is 210 Å². The molecular formula is C26H24F3N5O3. The van der Waals surface area contributed by atoms with Crippen LogP contribution in [-0.2, 0) is 20.5 Å². The van der Waals surface area contributed by atoms with Gasteiger partial charge in [0.1, 0.15) is 11.7 Å². The lowest BCUT2D eigenvalue weighted by Gasteiger charge is -2.35. The van der Waals surface area contributed by atoms with Crippen molar-refractivity contribution in [1.29, 1.82) is 0 Å². The number of carbonyl (C=O) groups excluding carboxylic acids is 2. The van der Waals surface area contributed by atoms with E-state index in [1.54, 1.807) is 35.9 Å². The number of fused-ring (bicyclic) bond motifs is 2.